The van der Waals surface area contributed by atoms with Gasteiger partial charge < -0.3 is 49.0 Å². The number of hydrogen-bond donors (Lipinski definition) is 6. The van der Waals surface area contributed by atoms with Crippen molar-refractivity contribution >= 4 is 27.1 Å². The van der Waals surface area contributed by atoms with E-state index in [1.54, 1.807) is 31.2 Å². The molecule has 5 atom stereocenters. The molecule has 44 heavy (non-hydrogen) atoms. The van der Waals surface area contributed by atoms with Crippen LogP contribution in [0.3, 0.4) is 0 Å². The maximum absolute atomic E-state index is 13.0. The van der Waals surface area contributed by atoms with E-state index in [1.807, 2.05) is 0 Å². The number of carbonyl (C=O) groups is 2. The lowest BCUT2D eigenvalue weighted by Crippen LogP contribution is -2.42. The second kappa shape index (κ2) is 15.2. The van der Waals surface area contributed by atoms with Gasteiger partial charge in [-0.1, -0.05) is 17.3 Å². The van der Waals surface area contributed by atoms with Gasteiger partial charge in [-0.25, -0.2) is 4.79 Å². The third kappa shape index (κ3) is 9.92. The molecule has 20 heteroatoms. The Morgan fingerprint density at radius 2 is 1.77 bits per heavy atom. The zero-order valence-corrected chi connectivity index (χ0v) is 25.5. The first-order valence-corrected chi connectivity index (χ1v) is 16.7. The fraction of sp³-hybridized carbons (Fsp3) is 0.500. The largest absolute Gasteiger partial charge is 0.466 e. The molecule has 1 aromatic heterocycles. The highest BCUT2D eigenvalue weighted by Crippen LogP contribution is 2.55. The highest BCUT2D eigenvalue weighted by atomic mass is 31.2. The predicted molar refractivity (Wildman–Crippen MR) is 149 cm³/mol. The van der Waals surface area contributed by atoms with Crippen LogP contribution in [-0.2, 0) is 46.4 Å². The number of aromatic nitrogens is 2. The summed E-state index contributed by atoms with van der Waals surface area (Å²) in [6.07, 6.45) is -4.90. The van der Waals surface area contributed by atoms with Crippen molar-refractivity contribution in [2.45, 2.75) is 44.5 Å². The van der Waals surface area contributed by atoms with Gasteiger partial charge >= 0.3 is 26.9 Å². The Balaban J connectivity index is 1.59. The van der Waals surface area contributed by atoms with Gasteiger partial charge in [0.1, 0.15) is 24.9 Å². The molecule has 0 radical (unpaired) electrons. The SMILES string of the molecule is CCOC(=O)CCNC(=O)c1ccc(CON=c2ccn([C@@H]3O[C@H](COP(=O)(O)CP(=O)(O)O)[C@@H](O)[C@H]3O)c(=O)n2C)cc1. The third-order valence-electron chi connectivity index (χ3n) is 6.18. The summed E-state index contributed by atoms with van der Waals surface area (Å²) in [4.78, 5) is 69.3. The van der Waals surface area contributed by atoms with E-state index in [1.165, 1.54) is 19.3 Å². The number of nitrogens with one attached hydrogen (secondary N) is 1. The molecule has 1 unspecified atom stereocenters. The van der Waals surface area contributed by atoms with Gasteiger partial charge in [0.05, 0.1) is 19.6 Å². The summed E-state index contributed by atoms with van der Waals surface area (Å²) in [5.41, 5.74) is 0.368. The van der Waals surface area contributed by atoms with Crippen molar-refractivity contribution in [1.29, 1.82) is 0 Å². The molecule has 3 rings (SSSR count). The normalized spacial score (nSPS) is 21.9. The lowest BCUT2D eigenvalue weighted by atomic mass is 10.1. The summed E-state index contributed by atoms with van der Waals surface area (Å²) < 4.78 is 39.8. The van der Waals surface area contributed by atoms with Crippen LogP contribution >= 0.6 is 15.2 Å². The molecule has 0 spiro atoms. The van der Waals surface area contributed by atoms with Crippen LogP contribution in [-0.4, -0.2) is 89.9 Å². The molecule has 1 aromatic carbocycles. The van der Waals surface area contributed by atoms with E-state index >= 15 is 0 Å². The molecular formula is C24H34N4O14P2. The third-order valence-corrected chi connectivity index (χ3v) is 9.63. The molecule has 0 saturated carbocycles. The van der Waals surface area contributed by atoms with Crippen LogP contribution in [0, 0.1) is 0 Å². The Bertz CT molecular complexity index is 1540. The van der Waals surface area contributed by atoms with E-state index in [2.05, 4.69) is 15.0 Å². The zero-order valence-electron chi connectivity index (χ0n) is 23.7. The summed E-state index contributed by atoms with van der Waals surface area (Å²) >= 11 is 0. The Morgan fingerprint density at radius 3 is 2.41 bits per heavy atom. The molecule has 1 aliphatic rings. The van der Waals surface area contributed by atoms with E-state index in [0.717, 1.165) is 9.13 Å². The molecule has 0 bridgehead atoms. The van der Waals surface area contributed by atoms with Crippen molar-refractivity contribution in [3.05, 3.63) is 63.6 Å². The number of hydrogen-bond acceptors (Lipinski definition) is 12. The molecule has 18 nitrogen and oxygen atoms in total. The van der Waals surface area contributed by atoms with Crippen molar-refractivity contribution < 1.29 is 62.4 Å². The maximum Gasteiger partial charge on any atom is 0.340 e. The van der Waals surface area contributed by atoms with Gasteiger partial charge in [-0.2, -0.15) is 0 Å². The Kier molecular flexibility index (Phi) is 12.2. The monoisotopic (exact) mass is 664 g/mol. The minimum absolute atomic E-state index is 0.0110. The number of aliphatic hydroxyl groups excluding tert-OH is 2. The van der Waals surface area contributed by atoms with Crippen molar-refractivity contribution in [2.24, 2.45) is 12.2 Å². The average molecular weight is 664 g/mol. The molecule has 2 aromatic rings. The summed E-state index contributed by atoms with van der Waals surface area (Å²) in [5.74, 6) is -2.22. The fourth-order valence-electron chi connectivity index (χ4n) is 3.98. The van der Waals surface area contributed by atoms with Crippen LogP contribution in [0.4, 0.5) is 0 Å². The van der Waals surface area contributed by atoms with Crippen LogP contribution in [0.1, 0.15) is 35.5 Å². The van der Waals surface area contributed by atoms with E-state index < -0.39 is 63.9 Å². The number of rotatable bonds is 14. The van der Waals surface area contributed by atoms with Gasteiger partial charge in [0.2, 0.25) is 0 Å². The molecule has 244 valence electrons. The number of amides is 1. The second-order valence-corrected chi connectivity index (χ2v) is 13.6. The Hall–Kier alpha value is -3.18. The number of carbonyl (C=O) groups excluding carboxylic acids is 2. The van der Waals surface area contributed by atoms with Gasteiger partial charge in [-0.3, -0.25) is 27.9 Å². The smallest absolute Gasteiger partial charge is 0.340 e. The molecule has 0 aliphatic carbocycles. The highest BCUT2D eigenvalue weighted by Gasteiger charge is 2.45. The van der Waals surface area contributed by atoms with Gasteiger partial charge in [-0.05, 0) is 24.6 Å². The van der Waals surface area contributed by atoms with Gasteiger partial charge in [0.25, 0.3) is 5.91 Å². The number of ether oxygens (including phenoxy) is 2. The number of aliphatic hydroxyl groups is 2. The minimum atomic E-state index is -4.88. The summed E-state index contributed by atoms with van der Waals surface area (Å²) in [6.45, 7) is 1.28. The van der Waals surface area contributed by atoms with Crippen molar-refractivity contribution in [1.82, 2.24) is 14.5 Å². The molecule has 6 N–H and O–H groups in total. The van der Waals surface area contributed by atoms with E-state index in [4.69, 9.17) is 24.1 Å². The average Bonchev–Trinajstić information content (AvgIpc) is 3.22. The predicted octanol–water partition coefficient (Wildman–Crippen LogP) is -1.14. The Labute approximate surface area is 250 Å². The Morgan fingerprint density at radius 1 is 1.09 bits per heavy atom. The first-order valence-electron chi connectivity index (χ1n) is 13.1. The van der Waals surface area contributed by atoms with Gasteiger partial charge in [-0.15, -0.1) is 0 Å². The van der Waals surface area contributed by atoms with Crippen LogP contribution < -0.4 is 16.5 Å². The summed E-state index contributed by atoms with van der Waals surface area (Å²) in [6, 6.07) is 7.77. The molecule has 1 fully saturated rings. The lowest BCUT2D eigenvalue weighted by molar-refractivity contribution is -0.142. The quantitative estimate of drug-likeness (QED) is 0.0793. The van der Waals surface area contributed by atoms with E-state index in [9.17, 15) is 38.6 Å². The number of nitrogens with zero attached hydrogens (tertiary/aromatic N) is 3. The fourth-order valence-corrected chi connectivity index (χ4v) is 6.55. The van der Waals surface area contributed by atoms with Crippen molar-refractivity contribution in [3.63, 3.8) is 0 Å². The highest BCUT2D eigenvalue weighted by molar-refractivity contribution is 7.70. The number of benzene rings is 1. The van der Waals surface area contributed by atoms with Crippen LogP contribution in [0.15, 0.2) is 46.5 Å². The van der Waals surface area contributed by atoms with Crippen molar-refractivity contribution in [3.8, 4) is 0 Å². The second-order valence-electron chi connectivity index (χ2n) is 9.58. The first kappa shape index (κ1) is 35.3. The van der Waals surface area contributed by atoms with Gasteiger partial charge in [0, 0.05) is 31.4 Å². The van der Waals surface area contributed by atoms with Crippen LogP contribution in [0.2, 0.25) is 0 Å². The van der Waals surface area contributed by atoms with Crippen molar-refractivity contribution in [2.75, 3.05) is 25.7 Å². The molecular weight excluding hydrogens is 630 g/mol. The van der Waals surface area contributed by atoms with Crippen LogP contribution in [0.25, 0.3) is 0 Å². The molecule has 2 heterocycles. The maximum atomic E-state index is 13.0. The van der Waals surface area contributed by atoms with Crippen LogP contribution in [0.5, 0.6) is 0 Å². The zero-order chi connectivity index (χ0) is 32.7. The topological polar surface area (TPSA) is 258 Å². The minimum Gasteiger partial charge on any atom is -0.466 e. The summed E-state index contributed by atoms with van der Waals surface area (Å²) in [5, 5.41) is 27.3. The summed E-state index contributed by atoms with van der Waals surface area (Å²) in [7, 11) is -8.26. The van der Waals surface area contributed by atoms with E-state index in [0.29, 0.717) is 11.1 Å². The van der Waals surface area contributed by atoms with Gasteiger partial charge in [0.15, 0.2) is 17.6 Å². The standard InChI is InChI=1S/C24H34N4O14P2/c1-3-39-19(29)8-10-25-22(32)16-6-4-15(5-7-16)12-40-26-18-9-11-28(24(33)27(18)2)23-21(31)20(30)17(42-23)13-41-44(37,38)14-43(34,35)36/h4-7,9,11,17,20-21,23,30-31H,3,8,10,12-14H2,1-2H3,(H,25,32)(H,37,38)(H2,34,35,36)/t17-,20-,21-,23-/m1/s1. The molecule has 1 amide bonds. The lowest BCUT2D eigenvalue weighted by Gasteiger charge is -2.19. The molecule has 1 saturated heterocycles. The van der Waals surface area contributed by atoms with E-state index in [-0.39, 0.29) is 37.6 Å². The molecule has 1 aliphatic heterocycles. The number of esters is 1. The first-order chi connectivity index (χ1) is 20.6.